The van der Waals surface area contributed by atoms with Crippen molar-refractivity contribution < 1.29 is 0 Å². The summed E-state index contributed by atoms with van der Waals surface area (Å²) in [6.07, 6.45) is 2.92. The van der Waals surface area contributed by atoms with E-state index in [1.165, 1.54) is 88.0 Å². The highest BCUT2D eigenvalue weighted by Gasteiger charge is 2.35. The number of nitrogens with two attached hydrogens (primary N) is 1. The maximum atomic E-state index is 6.77. The molecule has 1 aliphatic rings. The molecule has 0 amide bonds. The van der Waals surface area contributed by atoms with Crippen molar-refractivity contribution >= 4 is 43.9 Å². The van der Waals surface area contributed by atoms with Gasteiger partial charge in [0.25, 0.3) is 0 Å². The molecule has 0 saturated heterocycles. The highest BCUT2D eigenvalue weighted by atomic mass is 14.9. The predicted octanol–water partition coefficient (Wildman–Crippen LogP) is 15.4. The number of fused-ring (bicyclic) bond motifs is 7. The van der Waals surface area contributed by atoms with Gasteiger partial charge in [0.15, 0.2) is 0 Å². The number of nitrogens with zero attached hydrogens (tertiary/aromatic N) is 1. The smallest absolute Gasteiger partial charge is 0.131 e. The van der Waals surface area contributed by atoms with Crippen LogP contribution in [0.25, 0.3) is 82.5 Å². The highest BCUT2D eigenvalue weighted by molar-refractivity contribution is 6.27. The van der Waals surface area contributed by atoms with Gasteiger partial charge in [-0.25, -0.2) is 4.99 Å². The molecule has 10 aromatic carbocycles. The highest BCUT2D eigenvalue weighted by Crippen LogP contribution is 2.50. The van der Waals surface area contributed by atoms with Crippen molar-refractivity contribution in [1.82, 2.24) is 0 Å². The quantitative estimate of drug-likeness (QED) is 0.0706. The molecule has 0 bridgehead atoms. The van der Waals surface area contributed by atoms with Gasteiger partial charge in [-0.05, 0) is 112 Å². The molecule has 0 fully saturated rings. The summed E-state index contributed by atoms with van der Waals surface area (Å²) in [5.74, 6) is 0.487. The third-order valence-corrected chi connectivity index (χ3v) is 13.1. The molecule has 2 N–H and O–H groups in total. The second-order valence-electron chi connectivity index (χ2n) is 17.2. The fourth-order valence-corrected chi connectivity index (χ4v) is 9.98. The zero-order valence-electron chi connectivity index (χ0n) is 35.5. The molecular weight excluding hydrogens is 761 g/mol. The lowest BCUT2D eigenvalue weighted by Gasteiger charge is -2.22. The van der Waals surface area contributed by atoms with Crippen LogP contribution in [0.4, 0.5) is 0 Å². The van der Waals surface area contributed by atoms with Crippen LogP contribution >= 0.6 is 0 Å². The molecule has 10 aromatic rings. The molecule has 0 unspecified atom stereocenters. The lowest BCUT2D eigenvalue weighted by Crippen LogP contribution is -2.14. The van der Waals surface area contributed by atoms with Gasteiger partial charge in [-0.3, -0.25) is 0 Å². The van der Waals surface area contributed by atoms with Crippen LogP contribution in [-0.2, 0) is 11.8 Å². The molecule has 0 heterocycles. The first-order valence-electron chi connectivity index (χ1n) is 21.9. The largest absolute Gasteiger partial charge is 0.383 e. The Kier molecular flexibility index (Phi) is 9.43. The minimum absolute atomic E-state index is 0.0526. The molecule has 300 valence electrons. The Morgan fingerprint density at radius 2 is 1.06 bits per heavy atom. The van der Waals surface area contributed by atoms with E-state index >= 15 is 0 Å². The van der Waals surface area contributed by atoms with Crippen LogP contribution in [0.1, 0.15) is 41.7 Å². The molecular formula is C61H46N2. The summed E-state index contributed by atoms with van der Waals surface area (Å²) in [4.78, 5) is 5.13. The van der Waals surface area contributed by atoms with Crippen molar-refractivity contribution in [3.8, 4) is 44.5 Å². The normalized spacial score (nSPS) is 13.4. The van der Waals surface area contributed by atoms with E-state index in [0.717, 1.165) is 22.4 Å². The molecule has 1 aliphatic carbocycles. The number of amidine groups is 1. The molecule has 0 spiro atoms. The summed E-state index contributed by atoms with van der Waals surface area (Å²) in [5, 5.41) is 7.44. The first kappa shape index (κ1) is 38.1. The third-order valence-electron chi connectivity index (χ3n) is 13.1. The van der Waals surface area contributed by atoms with Crippen LogP contribution in [0.15, 0.2) is 223 Å². The average molecular weight is 807 g/mol. The first-order chi connectivity index (χ1) is 30.9. The Morgan fingerprint density at radius 3 is 1.86 bits per heavy atom. The maximum absolute atomic E-state index is 6.77. The fraction of sp³-hybridized carbons (Fsp3) is 0.0656. The number of rotatable bonds is 8. The molecule has 0 aliphatic heterocycles. The fourth-order valence-electron chi connectivity index (χ4n) is 9.98. The summed E-state index contributed by atoms with van der Waals surface area (Å²) in [7, 11) is 0. The van der Waals surface area contributed by atoms with Gasteiger partial charge in [0.05, 0.1) is 5.70 Å². The Morgan fingerprint density at radius 1 is 0.460 bits per heavy atom. The number of aliphatic imine (C=N–C) groups is 1. The van der Waals surface area contributed by atoms with Crippen molar-refractivity contribution in [1.29, 1.82) is 0 Å². The SMILES string of the molecule is CC1(C)c2ccccc2-c2ccc(-c3cccc(C/C=C(\N=C(N)c4ccccc4)c4ccc(-c5c6ccccc6c(-c6ccccc6)c6ccc7ccccc7c56)cc4)c3)cc21. The van der Waals surface area contributed by atoms with Gasteiger partial charge in [-0.2, -0.15) is 0 Å². The van der Waals surface area contributed by atoms with Gasteiger partial charge in [0, 0.05) is 11.0 Å². The molecule has 63 heavy (non-hydrogen) atoms. The number of allylic oxidation sites excluding steroid dienone is 1. The van der Waals surface area contributed by atoms with Crippen LogP contribution in [0, 0.1) is 0 Å². The van der Waals surface area contributed by atoms with Crippen LogP contribution in [0.3, 0.4) is 0 Å². The Hall–Kier alpha value is -7.81. The van der Waals surface area contributed by atoms with E-state index in [9.17, 15) is 0 Å². The summed E-state index contributed by atoms with van der Waals surface area (Å²) in [6, 6.07) is 76.7. The Bertz CT molecular complexity index is 3430. The van der Waals surface area contributed by atoms with Crippen molar-refractivity contribution in [2.45, 2.75) is 25.7 Å². The summed E-state index contributed by atoms with van der Waals surface area (Å²) in [5.41, 5.74) is 23.4. The van der Waals surface area contributed by atoms with Gasteiger partial charge >= 0.3 is 0 Å². The van der Waals surface area contributed by atoms with Gasteiger partial charge in [0.2, 0.25) is 0 Å². The Balaban J connectivity index is 1.01. The van der Waals surface area contributed by atoms with Crippen molar-refractivity contribution in [3.05, 3.63) is 246 Å². The van der Waals surface area contributed by atoms with E-state index in [0.29, 0.717) is 12.3 Å². The van der Waals surface area contributed by atoms with Crippen LogP contribution < -0.4 is 5.73 Å². The minimum Gasteiger partial charge on any atom is -0.383 e. The molecule has 0 aromatic heterocycles. The van der Waals surface area contributed by atoms with E-state index in [1.807, 2.05) is 30.3 Å². The standard InChI is InChI=1S/C61H46N2/c1-61(2)54-27-14-13-24-49(54)50-35-34-47(39-55(50)61)46-22-15-16-40(38-46)28-37-56(63-60(62)45-20-7-4-8-21-45)42-29-31-44(32-30-42)58-52-26-12-11-25-51(52)57(43-18-5-3-6-19-43)53-36-33-41-17-9-10-23-48(41)59(53)58/h3-27,29-39H,28H2,1-2H3,(H2,62,63)/b56-37-. The topological polar surface area (TPSA) is 38.4 Å². The first-order valence-corrected chi connectivity index (χ1v) is 21.9. The number of hydrogen-bond donors (Lipinski definition) is 1. The lowest BCUT2D eigenvalue weighted by molar-refractivity contribution is 0.660. The van der Waals surface area contributed by atoms with E-state index in [4.69, 9.17) is 10.7 Å². The zero-order chi connectivity index (χ0) is 42.5. The maximum Gasteiger partial charge on any atom is 0.131 e. The van der Waals surface area contributed by atoms with E-state index in [2.05, 4.69) is 202 Å². The molecule has 11 rings (SSSR count). The van der Waals surface area contributed by atoms with Crippen LogP contribution in [-0.4, -0.2) is 5.84 Å². The van der Waals surface area contributed by atoms with Crippen LogP contribution in [0.2, 0.25) is 0 Å². The second kappa shape index (κ2) is 15.6. The van der Waals surface area contributed by atoms with E-state index in [1.54, 1.807) is 0 Å². The zero-order valence-corrected chi connectivity index (χ0v) is 35.5. The molecule has 0 atom stereocenters. The minimum atomic E-state index is -0.0526. The lowest BCUT2D eigenvalue weighted by atomic mass is 9.81. The van der Waals surface area contributed by atoms with Crippen molar-refractivity contribution in [2.24, 2.45) is 10.7 Å². The van der Waals surface area contributed by atoms with Gasteiger partial charge in [0.1, 0.15) is 5.84 Å². The average Bonchev–Trinajstić information content (AvgIpc) is 3.57. The number of hydrogen-bond acceptors (Lipinski definition) is 1. The molecule has 2 heteroatoms. The summed E-state index contributed by atoms with van der Waals surface area (Å²) in [6.45, 7) is 4.68. The molecule has 2 nitrogen and oxygen atoms in total. The Labute approximate surface area is 369 Å². The molecule has 0 radical (unpaired) electrons. The van der Waals surface area contributed by atoms with Crippen molar-refractivity contribution in [2.75, 3.05) is 0 Å². The monoisotopic (exact) mass is 806 g/mol. The van der Waals surface area contributed by atoms with Crippen LogP contribution in [0.5, 0.6) is 0 Å². The van der Waals surface area contributed by atoms with Gasteiger partial charge in [-0.15, -0.1) is 0 Å². The van der Waals surface area contributed by atoms with E-state index in [-0.39, 0.29) is 5.41 Å². The summed E-state index contributed by atoms with van der Waals surface area (Å²) < 4.78 is 0. The van der Waals surface area contributed by atoms with E-state index < -0.39 is 0 Å². The molecule has 0 saturated carbocycles. The summed E-state index contributed by atoms with van der Waals surface area (Å²) >= 11 is 0. The van der Waals surface area contributed by atoms with Gasteiger partial charge in [-0.1, -0.05) is 226 Å². The predicted molar refractivity (Wildman–Crippen MR) is 268 cm³/mol. The van der Waals surface area contributed by atoms with Gasteiger partial charge < -0.3 is 5.73 Å². The number of benzene rings is 10. The second-order valence-corrected chi connectivity index (χ2v) is 17.2. The third kappa shape index (κ3) is 6.72. The van der Waals surface area contributed by atoms with Crippen molar-refractivity contribution in [3.63, 3.8) is 0 Å².